The van der Waals surface area contributed by atoms with Crippen LogP contribution in [0.1, 0.15) is 0 Å². The Bertz CT molecular complexity index is 371. The lowest BCUT2D eigenvalue weighted by molar-refractivity contribution is 0.977. The van der Waals surface area contributed by atoms with Crippen molar-refractivity contribution in [2.24, 2.45) is 0 Å². The fourth-order valence-electron chi connectivity index (χ4n) is 1.04. The second kappa shape index (κ2) is 6.23. The van der Waals surface area contributed by atoms with Crippen LogP contribution in [0.25, 0.3) is 0 Å². The van der Waals surface area contributed by atoms with Crippen molar-refractivity contribution >= 4 is 17.6 Å². The van der Waals surface area contributed by atoms with Crippen LogP contribution < -0.4 is 16.0 Å². The van der Waals surface area contributed by atoms with E-state index in [1.165, 1.54) is 0 Å². The molecule has 0 aliphatic rings. The molecule has 5 nitrogen and oxygen atoms in total. The minimum Gasteiger partial charge on any atom is -0.353 e. The number of benzene rings is 1. The largest absolute Gasteiger partial charge is 0.353 e. The normalized spacial score (nSPS) is 9.00. The fourth-order valence-corrected chi connectivity index (χ4v) is 1.04. The Morgan fingerprint density at radius 1 is 1.19 bits per heavy atom. The Hall–Kier alpha value is -2.30. The van der Waals surface area contributed by atoms with Crippen LogP contribution >= 0.6 is 0 Å². The van der Waals surface area contributed by atoms with Gasteiger partial charge < -0.3 is 10.6 Å². The number of guanidine groups is 2. The summed E-state index contributed by atoms with van der Waals surface area (Å²) in [5.74, 6) is 0.112. The quantitative estimate of drug-likeness (QED) is 0.301. The minimum atomic E-state index is 0.0489. The molecule has 1 aromatic carbocycles. The Morgan fingerprint density at radius 3 is 2.50 bits per heavy atom. The minimum absolute atomic E-state index is 0.0489. The van der Waals surface area contributed by atoms with Crippen molar-refractivity contribution < 1.29 is 0 Å². The first-order chi connectivity index (χ1) is 7.72. The molecule has 0 unspecified atom stereocenters. The summed E-state index contributed by atoms with van der Waals surface area (Å²) in [6.45, 7) is 4.01. The van der Waals surface area contributed by atoms with E-state index < -0.39 is 0 Å². The van der Waals surface area contributed by atoms with Crippen LogP contribution in [0.2, 0.25) is 0 Å². The SMILES string of the molecule is C=CCNC(=N)NC(=N)Nc1ccccc1. The van der Waals surface area contributed by atoms with Gasteiger partial charge in [0.05, 0.1) is 0 Å². The van der Waals surface area contributed by atoms with Gasteiger partial charge in [0.15, 0.2) is 11.9 Å². The summed E-state index contributed by atoms with van der Waals surface area (Å²) in [6.07, 6.45) is 1.64. The Labute approximate surface area is 94.6 Å². The molecule has 0 aliphatic carbocycles. The van der Waals surface area contributed by atoms with E-state index in [2.05, 4.69) is 22.5 Å². The number of anilines is 1. The fraction of sp³-hybridized carbons (Fsp3) is 0.0909. The molecule has 84 valence electrons. The van der Waals surface area contributed by atoms with E-state index in [-0.39, 0.29) is 11.9 Å². The number of para-hydroxylation sites is 1. The maximum absolute atomic E-state index is 7.56. The van der Waals surface area contributed by atoms with E-state index >= 15 is 0 Å². The van der Waals surface area contributed by atoms with Crippen LogP contribution in [0.4, 0.5) is 5.69 Å². The molecule has 0 spiro atoms. The first-order valence-corrected chi connectivity index (χ1v) is 4.83. The molecule has 5 N–H and O–H groups in total. The van der Waals surface area contributed by atoms with E-state index in [0.717, 1.165) is 5.69 Å². The summed E-state index contributed by atoms with van der Waals surface area (Å²) in [4.78, 5) is 0. The van der Waals surface area contributed by atoms with E-state index in [0.29, 0.717) is 6.54 Å². The van der Waals surface area contributed by atoms with E-state index in [1.807, 2.05) is 30.3 Å². The molecule has 0 aliphatic heterocycles. The van der Waals surface area contributed by atoms with Crippen LogP contribution in [0.15, 0.2) is 43.0 Å². The molecular weight excluding hydrogens is 202 g/mol. The van der Waals surface area contributed by atoms with Crippen LogP contribution in [0, 0.1) is 10.8 Å². The Morgan fingerprint density at radius 2 is 1.88 bits per heavy atom. The maximum atomic E-state index is 7.56. The highest BCUT2D eigenvalue weighted by Gasteiger charge is 1.99. The average Bonchev–Trinajstić information content (AvgIpc) is 2.27. The van der Waals surface area contributed by atoms with Gasteiger partial charge in [-0.25, -0.2) is 0 Å². The van der Waals surface area contributed by atoms with Crippen LogP contribution in [0.5, 0.6) is 0 Å². The topological polar surface area (TPSA) is 83.8 Å². The molecule has 0 aromatic heterocycles. The van der Waals surface area contributed by atoms with Crippen molar-refractivity contribution in [2.75, 3.05) is 11.9 Å². The maximum Gasteiger partial charge on any atom is 0.199 e. The molecule has 0 fully saturated rings. The monoisotopic (exact) mass is 217 g/mol. The zero-order chi connectivity index (χ0) is 11.8. The standard InChI is InChI=1S/C11H15N5/c1-2-8-14-10(12)16-11(13)15-9-6-4-3-5-7-9/h2-7H,1,8H2,(H5,12,13,14,15,16). The summed E-state index contributed by atoms with van der Waals surface area (Å²) < 4.78 is 0. The molecule has 1 aromatic rings. The number of hydrogen-bond donors (Lipinski definition) is 5. The van der Waals surface area contributed by atoms with E-state index in [4.69, 9.17) is 10.8 Å². The molecule has 0 heterocycles. The second-order valence-corrected chi connectivity index (χ2v) is 3.04. The third-order valence-electron chi connectivity index (χ3n) is 1.72. The first-order valence-electron chi connectivity index (χ1n) is 4.83. The van der Waals surface area contributed by atoms with Crippen molar-refractivity contribution in [1.29, 1.82) is 10.8 Å². The summed E-state index contributed by atoms with van der Waals surface area (Å²) in [5.41, 5.74) is 0.802. The molecule has 0 bridgehead atoms. The lowest BCUT2D eigenvalue weighted by Crippen LogP contribution is -2.42. The lowest BCUT2D eigenvalue weighted by Gasteiger charge is -2.11. The van der Waals surface area contributed by atoms with E-state index in [9.17, 15) is 0 Å². The van der Waals surface area contributed by atoms with Crippen molar-refractivity contribution in [2.45, 2.75) is 0 Å². The third kappa shape index (κ3) is 4.28. The number of hydrogen-bond acceptors (Lipinski definition) is 2. The molecule has 5 heteroatoms. The molecule has 0 atom stereocenters. The van der Waals surface area contributed by atoms with Gasteiger partial charge in [0, 0.05) is 12.2 Å². The van der Waals surface area contributed by atoms with Gasteiger partial charge in [0.2, 0.25) is 0 Å². The highest BCUT2D eigenvalue weighted by atomic mass is 15.2. The number of nitrogens with one attached hydrogen (secondary N) is 5. The number of rotatable bonds is 3. The lowest BCUT2D eigenvalue weighted by atomic mass is 10.3. The molecular formula is C11H15N5. The smallest absolute Gasteiger partial charge is 0.199 e. The van der Waals surface area contributed by atoms with Gasteiger partial charge in [-0.1, -0.05) is 24.3 Å². The molecule has 1 rings (SSSR count). The molecule has 0 saturated heterocycles. The van der Waals surface area contributed by atoms with Crippen LogP contribution in [0.3, 0.4) is 0 Å². The third-order valence-corrected chi connectivity index (χ3v) is 1.72. The summed E-state index contributed by atoms with van der Waals surface area (Å²) >= 11 is 0. The summed E-state index contributed by atoms with van der Waals surface area (Å²) in [5, 5.41) is 23.1. The van der Waals surface area contributed by atoms with Crippen molar-refractivity contribution in [1.82, 2.24) is 10.6 Å². The Kier molecular flexibility index (Phi) is 4.59. The Balaban J connectivity index is 2.36. The van der Waals surface area contributed by atoms with Gasteiger partial charge >= 0.3 is 0 Å². The predicted molar refractivity (Wildman–Crippen MR) is 66.9 cm³/mol. The van der Waals surface area contributed by atoms with Gasteiger partial charge in [-0.05, 0) is 12.1 Å². The average molecular weight is 217 g/mol. The zero-order valence-corrected chi connectivity index (χ0v) is 8.88. The molecule has 16 heavy (non-hydrogen) atoms. The second-order valence-electron chi connectivity index (χ2n) is 3.04. The van der Waals surface area contributed by atoms with Gasteiger partial charge in [0.25, 0.3) is 0 Å². The highest BCUT2D eigenvalue weighted by molar-refractivity contribution is 6.02. The first kappa shape index (κ1) is 11.8. The summed E-state index contributed by atoms with van der Waals surface area (Å²) in [7, 11) is 0. The molecule has 0 radical (unpaired) electrons. The van der Waals surface area contributed by atoms with Crippen molar-refractivity contribution in [3.63, 3.8) is 0 Å². The van der Waals surface area contributed by atoms with Crippen LogP contribution in [-0.4, -0.2) is 18.5 Å². The molecule has 0 saturated carbocycles. The van der Waals surface area contributed by atoms with Gasteiger partial charge in [-0.15, -0.1) is 6.58 Å². The predicted octanol–water partition coefficient (Wildman–Crippen LogP) is 1.33. The highest BCUT2D eigenvalue weighted by Crippen LogP contribution is 2.03. The zero-order valence-electron chi connectivity index (χ0n) is 8.88. The van der Waals surface area contributed by atoms with Crippen LogP contribution in [-0.2, 0) is 0 Å². The van der Waals surface area contributed by atoms with E-state index in [1.54, 1.807) is 6.08 Å². The van der Waals surface area contributed by atoms with Gasteiger partial charge in [-0.2, -0.15) is 0 Å². The summed E-state index contributed by atoms with van der Waals surface area (Å²) in [6, 6.07) is 9.33. The van der Waals surface area contributed by atoms with Crippen molar-refractivity contribution in [3.8, 4) is 0 Å². The van der Waals surface area contributed by atoms with Gasteiger partial charge in [-0.3, -0.25) is 16.1 Å². The van der Waals surface area contributed by atoms with Gasteiger partial charge in [0.1, 0.15) is 0 Å². The molecule has 0 amide bonds. The van der Waals surface area contributed by atoms with Crippen molar-refractivity contribution in [3.05, 3.63) is 43.0 Å².